The number of aromatic nitrogens is 4. The van der Waals surface area contributed by atoms with Gasteiger partial charge in [0, 0.05) is 57.1 Å². The van der Waals surface area contributed by atoms with Crippen molar-refractivity contribution in [2.75, 3.05) is 31.1 Å². The smallest absolute Gasteiger partial charge is 0.266 e. The van der Waals surface area contributed by atoms with Crippen molar-refractivity contribution in [1.29, 1.82) is 0 Å². The van der Waals surface area contributed by atoms with Gasteiger partial charge >= 0.3 is 0 Å². The lowest BCUT2D eigenvalue weighted by atomic mass is 10.0. The minimum Gasteiger partial charge on any atom is -0.356 e. The molecular formula is C18H24N6O. The molecular weight excluding hydrogens is 316 g/mol. The molecule has 0 radical (unpaired) electrons. The third kappa shape index (κ3) is 3.04. The van der Waals surface area contributed by atoms with E-state index >= 15 is 0 Å². The van der Waals surface area contributed by atoms with Crippen LogP contribution < -0.4 is 10.5 Å². The van der Waals surface area contributed by atoms with Crippen molar-refractivity contribution in [2.24, 2.45) is 18.9 Å². The van der Waals surface area contributed by atoms with Gasteiger partial charge < -0.3 is 4.90 Å². The van der Waals surface area contributed by atoms with E-state index in [0.29, 0.717) is 11.8 Å². The van der Waals surface area contributed by atoms with E-state index in [9.17, 15) is 4.79 Å². The number of rotatable bonds is 3. The average molecular weight is 340 g/mol. The molecule has 132 valence electrons. The molecule has 0 N–H and O–H groups in total. The highest BCUT2D eigenvalue weighted by Gasteiger charge is 2.40. The second kappa shape index (κ2) is 6.22. The zero-order valence-electron chi connectivity index (χ0n) is 15.0. The fraction of sp³-hybridized carbons (Fsp3) is 0.556. The van der Waals surface area contributed by atoms with E-state index in [-0.39, 0.29) is 5.56 Å². The van der Waals surface area contributed by atoms with Crippen LogP contribution in [0.25, 0.3) is 0 Å². The first-order valence-electron chi connectivity index (χ1n) is 8.80. The normalized spacial score (nSPS) is 23.2. The maximum absolute atomic E-state index is 11.5. The molecule has 0 aromatic carbocycles. The Kier molecular flexibility index (Phi) is 4.03. The minimum absolute atomic E-state index is 0.0619. The Morgan fingerprint density at radius 2 is 1.80 bits per heavy atom. The van der Waals surface area contributed by atoms with Crippen molar-refractivity contribution < 1.29 is 0 Å². The fourth-order valence-corrected chi connectivity index (χ4v) is 4.10. The van der Waals surface area contributed by atoms with Crippen LogP contribution in [0.2, 0.25) is 0 Å². The molecule has 25 heavy (non-hydrogen) atoms. The number of fused-ring (bicyclic) bond motifs is 1. The summed E-state index contributed by atoms with van der Waals surface area (Å²) < 4.78 is 1.41. The number of nitrogens with zero attached hydrogens (tertiary/aromatic N) is 6. The van der Waals surface area contributed by atoms with Crippen LogP contribution in [-0.4, -0.2) is 50.8 Å². The van der Waals surface area contributed by atoms with Gasteiger partial charge in [0.25, 0.3) is 5.56 Å². The summed E-state index contributed by atoms with van der Waals surface area (Å²) in [6.45, 7) is 9.23. The number of aryl methyl sites for hydroxylation is 2. The molecule has 4 heterocycles. The summed E-state index contributed by atoms with van der Waals surface area (Å²) in [7, 11) is 1.70. The quantitative estimate of drug-likeness (QED) is 0.822. The Balaban J connectivity index is 1.41. The second-order valence-corrected chi connectivity index (χ2v) is 7.31. The van der Waals surface area contributed by atoms with E-state index in [1.54, 1.807) is 19.4 Å². The van der Waals surface area contributed by atoms with E-state index in [0.717, 1.165) is 49.9 Å². The van der Waals surface area contributed by atoms with E-state index in [4.69, 9.17) is 0 Å². The molecule has 0 bridgehead atoms. The van der Waals surface area contributed by atoms with Gasteiger partial charge in [-0.25, -0.2) is 14.6 Å². The molecule has 2 saturated heterocycles. The maximum Gasteiger partial charge on any atom is 0.266 e. The van der Waals surface area contributed by atoms with Gasteiger partial charge in [0.05, 0.1) is 5.69 Å². The lowest BCUT2D eigenvalue weighted by Crippen LogP contribution is -2.30. The van der Waals surface area contributed by atoms with Gasteiger partial charge in [0.15, 0.2) is 0 Å². The third-order valence-electron chi connectivity index (χ3n) is 5.57. The first-order valence-corrected chi connectivity index (χ1v) is 8.80. The molecule has 0 amide bonds. The first kappa shape index (κ1) is 16.2. The summed E-state index contributed by atoms with van der Waals surface area (Å²) >= 11 is 0. The zero-order chi connectivity index (χ0) is 17.6. The molecule has 2 aliphatic rings. The molecule has 2 aromatic rings. The summed E-state index contributed by atoms with van der Waals surface area (Å²) in [4.78, 5) is 25.1. The van der Waals surface area contributed by atoms with Crippen molar-refractivity contribution in [3.8, 4) is 0 Å². The Morgan fingerprint density at radius 1 is 1.08 bits per heavy atom. The summed E-state index contributed by atoms with van der Waals surface area (Å²) in [5.74, 6) is 2.43. The van der Waals surface area contributed by atoms with Crippen LogP contribution in [0.3, 0.4) is 0 Å². The molecule has 2 unspecified atom stereocenters. The Bertz CT molecular complexity index is 834. The van der Waals surface area contributed by atoms with Crippen molar-refractivity contribution in [3.63, 3.8) is 0 Å². The van der Waals surface area contributed by atoms with Gasteiger partial charge in [-0.2, -0.15) is 5.10 Å². The second-order valence-electron chi connectivity index (χ2n) is 7.31. The van der Waals surface area contributed by atoms with E-state index in [1.165, 1.54) is 10.2 Å². The summed E-state index contributed by atoms with van der Waals surface area (Å²) in [5.41, 5.74) is 3.15. The molecule has 0 aliphatic carbocycles. The molecule has 2 atom stereocenters. The fourth-order valence-electron chi connectivity index (χ4n) is 4.10. The van der Waals surface area contributed by atoms with Gasteiger partial charge in [-0.1, -0.05) is 0 Å². The molecule has 7 heteroatoms. The molecule has 0 saturated carbocycles. The molecule has 2 aliphatic heterocycles. The first-order chi connectivity index (χ1) is 12.0. The SMILES string of the molecule is Cc1ncnc(N2CC3CN(Cc4ccc(=O)n(C)n4)CC3C2)c1C. The van der Waals surface area contributed by atoms with Crippen LogP contribution in [0.4, 0.5) is 5.82 Å². The standard InChI is InChI=1S/C18H24N6O/c1-12-13(2)19-11-20-18(12)24-8-14-6-23(7-15(14)9-24)10-16-4-5-17(25)22(3)21-16/h4-5,11,14-15H,6-10H2,1-3H3. The summed E-state index contributed by atoms with van der Waals surface area (Å²) in [6, 6.07) is 3.44. The van der Waals surface area contributed by atoms with E-state index in [1.807, 2.05) is 13.0 Å². The number of hydrogen-bond acceptors (Lipinski definition) is 6. The molecule has 0 spiro atoms. The van der Waals surface area contributed by atoms with Gasteiger partial charge in [-0.15, -0.1) is 0 Å². The van der Waals surface area contributed by atoms with Crippen LogP contribution in [0, 0.1) is 25.7 Å². The van der Waals surface area contributed by atoms with Gasteiger partial charge in [-0.05, 0) is 31.7 Å². The highest BCUT2D eigenvalue weighted by Crippen LogP contribution is 2.34. The van der Waals surface area contributed by atoms with Crippen molar-refractivity contribution >= 4 is 5.82 Å². The highest BCUT2D eigenvalue weighted by molar-refractivity contribution is 5.48. The van der Waals surface area contributed by atoms with Crippen LogP contribution in [0.5, 0.6) is 0 Å². The molecule has 2 fully saturated rings. The lowest BCUT2D eigenvalue weighted by molar-refractivity contribution is 0.302. The maximum atomic E-state index is 11.5. The van der Waals surface area contributed by atoms with Gasteiger partial charge in [-0.3, -0.25) is 9.69 Å². The van der Waals surface area contributed by atoms with E-state index in [2.05, 4.69) is 31.8 Å². The summed E-state index contributed by atoms with van der Waals surface area (Å²) in [5, 5.41) is 4.35. The van der Waals surface area contributed by atoms with Crippen LogP contribution >= 0.6 is 0 Å². The molecule has 7 nitrogen and oxygen atoms in total. The van der Waals surface area contributed by atoms with Crippen molar-refractivity contribution in [3.05, 3.63) is 45.8 Å². The Labute approximate surface area is 147 Å². The Morgan fingerprint density at radius 3 is 2.48 bits per heavy atom. The van der Waals surface area contributed by atoms with Crippen LogP contribution in [0.15, 0.2) is 23.3 Å². The van der Waals surface area contributed by atoms with Gasteiger partial charge in [0.1, 0.15) is 12.1 Å². The Hall–Kier alpha value is -2.28. The number of likely N-dealkylation sites (tertiary alicyclic amines) is 1. The van der Waals surface area contributed by atoms with Crippen molar-refractivity contribution in [1.82, 2.24) is 24.6 Å². The van der Waals surface area contributed by atoms with Crippen LogP contribution in [0.1, 0.15) is 17.0 Å². The predicted molar refractivity (Wildman–Crippen MR) is 95.5 cm³/mol. The monoisotopic (exact) mass is 340 g/mol. The van der Waals surface area contributed by atoms with Crippen molar-refractivity contribution in [2.45, 2.75) is 20.4 Å². The minimum atomic E-state index is -0.0619. The molecule has 2 aromatic heterocycles. The summed E-state index contributed by atoms with van der Waals surface area (Å²) in [6.07, 6.45) is 1.67. The van der Waals surface area contributed by atoms with E-state index < -0.39 is 0 Å². The average Bonchev–Trinajstić information content (AvgIpc) is 3.12. The molecule has 4 rings (SSSR count). The highest BCUT2D eigenvalue weighted by atomic mass is 16.1. The number of anilines is 1. The lowest BCUT2D eigenvalue weighted by Gasteiger charge is -2.23. The zero-order valence-corrected chi connectivity index (χ0v) is 15.0. The predicted octanol–water partition coefficient (Wildman–Crippen LogP) is 0.755. The van der Waals surface area contributed by atoms with Crippen LogP contribution in [-0.2, 0) is 13.6 Å². The topological polar surface area (TPSA) is 67.2 Å². The van der Waals surface area contributed by atoms with Gasteiger partial charge in [0.2, 0.25) is 0 Å². The largest absolute Gasteiger partial charge is 0.356 e. The number of hydrogen-bond donors (Lipinski definition) is 0. The third-order valence-corrected chi connectivity index (χ3v) is 5.57.